The van der Waals surface area contributed by atoms with Crippen molar-refractivity contribution < 1.29 is 18.6 Å². The summed E-state index contributed by atoms with van der Waals surface area (Å²) in [7, 11) is 0.774. The maximum Gasteiger partial charge on any atom is 0.216 e. The van der Waals surface area contributed by atoms with Crippen LogP contribution in [0.25, 0.3) is 0 Å². The maximum absolute atomic E-state index is 5.44. The van der Waals surface area contributed by atoms with Gasteiger partial charge >= 0.3 is 0 Å². The average Bonchev–Trinajstić information content (AvgIpc) is 3.11. The highest BCUT2D eigenvalue weighted by atomic mass is 28.2. The maximum atomic E-state index is 5.44. The van der Waals surface area contributed by atoms with Gasteiger partial charge in [-0.1, -0.05) is 19.7 Å². The van der Waals surface area contributed by atoms with Crippen molar-refractivity contribution in [3.05, 3.63) is 49.1 Å². The van der Waals surface area contributed by atoms with E-state index >= 15 is 0 Å². The third-order valence-electron chi connectivity index (χ3n) is 2.12. The summed E-state index contributed by atoms with van der Waals surface area (Å²) >= 11 is 0. The SMILES string of the molecule is C=C(C)O[SiH3].C=C(C)Oc1ccc2c(c1OC(=C)C)O2. The molecule has 0 aliphatic carbocycles. The molecule has 1 heterocycles. The van der Waals surface area contributed by atoms with Crippen LogP contribution in [0.1, 0.15) is 20.8 Å². The molecule has 0 saturated carbocycles. The summed E-state index contributed by atoms with van der Waals surface area (Å²) in [4.78, 5) is 0. The highest BCUT2D eigenvalue weighted by molar-refractivity contribution is 5.98. The number of fused-ring (bicyclic) bond motifs is 1. The molecule has 0 fully saturated rings. The summed E-state index contributed by atoms with van der Waals surface area (Å²) in [5, 5.41) is 0. The molecule has 0 unspecified atom stereocenters. The Hall–Kier alpha value is -2.14. The summed E-state index contributed by atoms with van der Waals surface area (Å²) in [5.41, 5.74) is 0. The Morgan fingerprint density at radius 2 is 1.55 bits per heavy atom. The van der Waals surface area contributed by atoms with Crippen LogP contribution in [0.5, 0.6) is 23.0 Å². The van der Waals surface area contributed by atoms with Gasteiger partial charge in [0.15, 0.2) is 11.5 Å². The lowest BCUT2D eigenvalue weighted by molar-refractivity contribution is 0.368. The lowest BCUT2D eigenvalue weighted by Gasteiger charge is -2.09. The average molecular weight is 292 g/mol. The second-order valence-electron chi connectivity index (χ2n) is 4.34. The van der Waals surface area contributed by atoms with Crippen molar-refractivity contribution in [1.82, 2.24) is 0 Å². The summed E-state index contributed by atoms with van der Waals surface area (Å²) in [5.74, 6) is 4.71. The van der Waals surface area contributed by atoms with E-state index < -0.39 is 0 Å². The van der Waals surface area contributed by atoms with Crippen LogP contribution >= 0.6 is 0 Å². The molecular formula is C15H20O4Si. The first kappa shape index (κ1) is 15.9. The first-order chi connectivity index (χ1) is 9.35. The Balaban J connectivity index is 0.000000347. The molecule has 1 aliphatic heterocycles. The number of rotatable bonds is 5. The second-order valence-corrected chi connectivity index (χ2v) is 4.74. The molecule has 1 aromatic carbocycles. The van der Waals surface area contributed by atoms with Gasteiger partial charge in [-0.2, -0.15) is 0 Å². The molecular weight excluding hydrogens is 272 g/mol. The van der Waals surface area contributed by atoms with E-state index in [2.05, 4.69) is 19.7 Å². The van der Waals surface area contributed by atoms with Crippen LogP contribution in [-0.2, 0) is 4.43 Å². The fraction of sp³-hybridized carbons (Fsp3) is 0.200. The van der Waals surface area contributed by atoms with Crippen molar-refractivity contribution in [2.24, 2.45) is 0 Å². The van der Waals surface area contributed by atoms with Crippen LogP contribution in [0.2, 0.25) is 0 Å². The minimum Gasteiger partial charge on any atom is -0.557 e. The fourth-order valence-electron chi connectivity index (χ4n) is 1.23. The van der Waals surface area contributed by atoms with Crippen molar-refractivity contribution in [2.45, 2.75) is 20.8 Å². The van der Waals surface area contributed by atoms with Crippen molar-refractivity contribution >= 4 is 10.5 Å². The van der Waals surface area contributed by atoms with Gasteiger partial charge in [0.05, 0.1) is 17.3 Å². The number of ether oxygens (including phenoxy) is 3. The number of hydrogen-bond acceptors (Lipinski definition) is 4. The molecule has 0 aromatic heterocycles. The topological polar surface area (TPSA) is 40.2 Å². The zero-order chi connectivity index (χ0) is 15.3. The molecule has 0 atom stereocenters. The lowest BCUT2D eigenvalue weighted by atomic mass is 10.3. The van der Waals surface area contributed by atoms with Crippen LogP contribution in [0.4, 0.5) is 0 Å². The minimum atomic E-state index is 0.572. The highest BCUT2D eigenvalue weighted by Gasteiger charge is 2.29. The Kier molecular flexibility index (Phi) is 5.46. The Morgan fingerprint density at radius 3 is 2.00 bits per heavy atom. The molecule has 0 bridgehead atoms. The van der Waals surface area contributed by atoms with Crippen molar-refractivity contribution in [3.63, 3.8) is 0 Å². The molecule has 0 spiro atoms. The molecule has 1 aliphatic rings. The van der Waals surface area contributed by atoms with Crippen LogP contribution in [0.3, 0.4) is 0 Å². The van der Waals surface area contributed by atoms with E-state index in [0.717, 1.165) is 27.7 Å². The molecule has 0 saturated heterocycles. The summed E-state index contributed by atoms with van der Waals surface area (Å²) in [6.45, 7) is 16.2. The highest BCUT2D eigenvalue weighted by Crippen LogP contribution is 2.57. The second kappa shape index (κ2) is 6.86. The lowest BCUT2D eigenvalue weighted by Crippen LogP contribution is -1.93. The molecule has 5 heteroatoms. The van der Waals surface area contributed by atoms with E-state index in [4.69, 9.17) is 18.6 Å². The predicted octanol–water partition coefficient (Wildman–Crippen LogP) is 3.43. The van der Waals surface area contributed by atoms with Gasteiger partial charge in [-0.15, -0.1) is 0 Å². The molecule has 0 amide bonds. The summed E-state index contributed by atoms with van der Waals surface area (Å²) in [6, 6.07) is 3.62. The molecule has 0 N–H and O–H groups in total. The van der Waals surface area contributed by atoms with Gasteiger partial charge in [-0.05, 0) is 32.9 Å². The number of benzene rings is 1. The zero-order valence-corrected chi connectivity index (χ0v) is 14.4. The Morgan fingerprint density at radius 1 is 1.00 bits per heavy atom. The van der Waals surface area contributed by atoms with Gasteiger partial charge in [0.1, 0.15) is 0 Å². The normalized spacial score (nSPS) is 10.2. The van der Waals surface area contributed by atoms with Crippen molar-refractivity contribution in [1.29, 1.82) is 0 Å². The van der Waals surface area contributed by atoms with Crippen LogP contribution in [0.15, 0.2) is 49.1 Å². The summed E-state index contributed by atoms with van der Waals surface area (Å²) in [6.07, 6.45) is 0. The number of allylic oxidation sites excluding steroid dienone is 3. The minimum absolute atomic E-state index is 0.572. The van der Waals surface area contributed by atoms with Crippen LogP contribution < -0.4 is 14.2 Å². The van der Waals surface area contributed by atoms with E-state index in [-0.39, 0.29) is 0 Å². The third kappa shape index (κ3) is 4.85. The molecule has 108 valence electrons. The van der Waals surface area contributed by atoms with Gasteiger partial charge in [-0.3, -0.25) is 0 Å². The van der Waals surface area contributed by atoms with E-state index in [9.17, 15) is 0 Å². The van der Waals surface area contributed by atoms with E-state index in [1.54, 1.807) is 19.9 Å². The summed E-state index contributed by atoms with van der Waals surface area (Å²) < 4.78 is 20.8. The standard InChI is InChI=1S/C12H12O3.C3H8OSi/c1-7(2)13-9-5-6-10-12(15-10)11(9)14-8(3)4;1-3(2)4-5/h5-6H,1,3H2,2,4H3;1H2,2,5H3. The first-order valence-corrected chi connectivity index (χ1v) is 6.87. The molecule has 0 radical (unpaired) electrons. The van der Waals surface area contributed by atoms with Gasteiger partial charge < -0.3 is 18.6 Å². The number of hydrogen-bond donors (Lipinski definition) is 0. The third-order valence-corrected chi connectivity index (χ3v) is 2.82. The van der Waals surface area contributed by atoms with E-state index in [1.165, 1.54) is 0 Å². The quantitative estimate of drug-likeness (QED) is 0.481. The van der Waals surface area contributed by atoms with Gasteiger partial charge in [0.25, 0.3) is 0 Å². The van der Waals surface area contributed by atoms with Crippen LogP contribution in [0, 0.1) is 0 Å². The van der Waals surface area contributed by atoms with Gasteiger partial charge in [0.2, 0.25) is 22.0 Å². The largest absolute Gasteiger partial charge is 0.557 e. The van der Waals surface area contributed by atoms with E-state index in [1.807, 2.05) is 13.0 Å². The Bertz CT molecular complexity index is 549. The monoisotopic (exact) mass is 292 g/mol. The zero-order valence-electron chi connectivity index (χ0n) is 12.4. The van der Waals surface area contributed by atoms with Crippen LogP contribution in [-0.4, -0.2) is 10.5 Å². The molecule has 20 heavy (non-hydrogen) atoms. The first-order valence-electron chi connectivity index (χ1n) is 6.06. The molecule has 4 nitrogen and oxygen atoms in total. The molecule has 1 aromatic rings. The predicted molar refractivity (Wildman–Crippen MR) is 83.2 cm³/mol. The Labute approximate surface area is 122 Å². The fourth-order valence-corrected chi connectivity index (χ4v) is 1.23. The van der Waals surface area contributed by atoms with Crippen molar-refractivity contribution in [3.8, 4) is 23.0 Å². The van der Waals surface area contributed by atoms with E-state index in [0.29, 0.717) is 23.0 Å². The smallest absolute Gasteiger partial charge is 0.216 e. The van der Waals surface area contributed by atoms with Gasteiger partial charge in [0, 0.05) is 0 Å². The van der Waals surface area contributed by atoms with Gasteiger partial charge in [-0.25, -0.2) is 0 Å². The van der Waals surface area contributed by atoms with Crippen molar-refractivity contribution in [2.75, 3.05) is 0 Å². The molecule has 2 rings (SSSR count).